The maximum atomic E-state index is 13.1. The third-order valence-electron chi connectivity index (χ3n) is 5.07. The first-order valence-electron chi connectivity index (χ1n) is 8.79. The second-order valence-electron chi connectivity index (χ2n) is 6.79. The second-order valence-corrected chi connectivity index (χ2v) is 6.79. The molecule has 0 saturated carbocycles. The zero-order chi connectivity index (χ0) is 17.4. The van der Waals surface area contributed by atoms with Crippen molar-refractivity contribution in [1.82, 2.24) is 19.9 Å². The molecule has 1 N–H and O–H groups in total. The fourth-order valence-corrected chi connectivity index (χ4v) is 3.72. The van der Waals surface area contributed by atoms with Crippen molar-refractivity contribution >= 4 is 16.8 Å². The van der Waals surface area contributed by atoms with Crippen molar-refractivity contribution in [3.63, 3.8) is 0 Å². The number of aryl methyl sites for hydroxylation is 2. The van der Waals surface area contributed by atoms with E-state index in [0.717, 1.165) is 59.6 Å². The number of hydrogen-bond donors (Lipinski definition) is 1. The summed E-state index contributed by atoms with van der Waals surface area (Å²) in [6, 6.07) is 9.91. The number of amides is 1. The Morgan fingerprint density at radius 1 is 1.16 bits per heavy atom. The smallest absolute Gasteiger partial charge is 0.256 e. The molecule has 3 aromatic rings. The van der Waals surface area contributed by atoms with Gasteiger partial charge in [-0.05, 0) is 38.8 Å². The van der Waals surface area contributed by atoms with Crippen molar-refractivity contribution in [1.29, 1.82) is 0 Å². The molecule has 0 atom stereocenters. The Kier molecular flexibility index (Phi) is 3.99. The van der Waals surface area contributed by atoms with Crippen molar-refractivity contribution in [2.24, 2.45) is 0 Å². The molecule has 1 aliphatic rings. The molecular formula is C20H22N4O. The van der Waals surface area contributed by atoms with Crippen LogP contribution in [0.2, 0.25) is 0 Å². The zero-order valence-corrected chi connectivity index (χ0v) is 14.6. The van der Waals surface area contributed by atoms with E-state index in [1.165, 1.54) is 0 Å². The molecule has 128 valence electrons. The van der Waals surface area contributed by atoms with Crippen molar-refractivity contribution in [2.75, 3.05) is 13.1 Å². The number of nitrogens with zero attached hydrogens (tertiary/aromatic N) is 3. The summed E-state index contributed by atoms with van der Waals surface area (Å²) in [6.07, 6.45) is 3.65. The van der Waals surface area contributed by atoms with Crippen LogP contribution in [0.15, 0.2) is 36.5 Å². The van der Waals surface area contributed by atoms with Crippen molar-refractivity contribution in [3.05, 3.63) is 59.3 Å². The fourth-order valence-electron chi connectivity index (χ4n) is 3.72. The van der Waals surface area contributed by atoms with Gasteiger partial charge in [-0.25, -0.2) is 9.97 Å². The highest BCUT2D eigenvalue weighted by Crippen LogP contribution is 2.29. The Labute approximate surface area is 147 Å². The third-order valence-corrected chi connectivity index (χ3v) is 5.07. The quantitative estimate of drug-likeness (QED) is 0.779. The maximum absolute atomic E-state index is 13.1. The van der Waals surface area contributed by atoms with Crippen molar-refractivity contribution in [3.8, 4) is 0 Å². The van der Waals surface area contributed by atoms with E-state index in [9.17, 15) is 4.79 Å². The number of aromatic nitrogens is 3. The average Bonchev–Trinajstić information content (AvgIpc) is 2.97. The molecule has 1 amide bonds. The average molecular weight is 334 g/mol. The minimum absolute atomic E-state index is 0.124. The van der Waals surface area contributed by atoms with Crippen LogP contribution in [0.3, 0.4) is 0 Å². The lowest BCUT2D eigenvalue weighted by Gasteiger charge is -2.31. The number of benzene rings is 1. The molecule has 5 heteroatoms. The van der Waals surface area contributed by atoms with E-state index >= 15 is 0 Å². The van der Waals surface area contributed by atoms with Gasteiger partial charge in [0.1, 0.15) is 5.82 Å². The molecule has 0 spiro atoms. The number of piperidine rings is 1. The number of para-hydroxylation sites is 1. The molecule has 5 nitrogen and oxygen atoms in total. The van der Waals surface area contributed by atoms with Gasteiger partial charge in [-0.15, -0.1) is 0 Å². The minimum atomic E-state index is 0.124. The van der Waals surface area contributed by atoms with Gasteiger partial charge in [0.15, 0.2) is 0 Å². The predicted octanol–water partition coefficient (Wildman–Crippen LogP) is 3.59. The first-order chi connectivity index (χ1) is 12.1. The van der Waals surface area contributed by atoms with Gasteiger partial charge in [0.2, 0.25) is 0 Å². The zero-order valence-electron chi connectivity index (χ0n) is 14.6. The molecule has 1 saturated heterocycles. The van der Waals surface area contributed by atoms with Crippen LogP contribution in [0.25, 0.3) is 10.9 Å². The number of aromatic amines is 1. The van der Waals surface area contributed by atoms with Crippen LogP contribution in [-0.2, 0) is 0 Å². The monoisotopic (exact) mass is 334 g/mol. The largest absolute Gasteiger partial charge is 0.358 e. The SMILES string of the molecule is Cc1ccnc(C2CCN(C(=O)c3c(C)[nH]c4ccccc34)CC2)n1. The number of hydrogen-bond acceptors (Lipinski definition) is 3. The number of rotatable bonds is 2. The van der Waals surface area contributed by atoms with Crippen LogP contribution in [-0.4, -0.2) is 38.8 Å². The van der Waals surface area contributed by atoms with Gasteiger partial charge in [0, 0.05) is 47.5 Å². The lowest BCUT2D eigenvalue weighted by molar-refractivity contribution is 0.0712. The molecule has 4 rings (SSSR count). The number of H-pyrrole nitrogens is 1. The van der Waals surface area contributed by atoms with E-state index in [2.05, 4.69) is 15.0 Å². The number of carbonyl (C=O) groups excluding carboxylic acids is 1. The molecule has 1 fully saturated rings. The summed E-state index contributed by atoms with van der Waals surface area (Å²) < 4.78 is 0. The second kappa shape index (κ2) is 6.31. The highest BCUT2D eigenvalue weighted by Gasteiger charge is 2.28. The number of likely N-dealkylation sites (tertiary alicyclic amines) is 1. The number of nitrogens with one attached hydrogen (secondary N) is 1. The topological polar surface area (TPSA) is 61.9 Å². The van der Waals surface area contributed by atoms with Gasteiger partial charge in [0.25, 0.3) is 5.91 Å². The Hall–Kier alpha value is -2.69. The molecule has 1 aliphatic heterocycles. The molecule has 0 unspecified atom stereocenters. The summed E-state index contributed by atoms with van der Waals surface area (Å²) in [5.41, 5.74) is 3.76. The lowest BCUT2D eigenvalue weighted by atomic mass is 9.95. The van der Waals surface area contributed by atoms with Gasteiger partial charge in [-0.2, -0.15) is 0 Å². The van der Waals surface area contributed by atoms with Gasteiger partial charge < -0.3 is 9.88 Å². The van der Waals surface area contributed by atoms with E-state index in [4.69, 9.17) is 0 Å². The van der Waals surface area contributed by atoms with Crippen LogP contribution in [0.1, 0.15) is 46.3 Å². The summed E-state index contributed by atoms with van der Waals surface area (Å²) >= 11 is 0. The van der Waals surface area contributed by atoms with Crippen LogP contribution >= 0.6 is 0 Å². The van der Waals surface area contributed by atoms with Crippen LogP contribution in [0, 0.1) is 13.8 Å². The normalized spacial score (nSPS) is 15.7. The molecule has 2 aromatic heterocycles. The first-order valence-corrected chi connectivity index (χ1v) is 8.79. The Balaban J connectivity index is 1.52. The van der Waals surface area contributed by atoms with E-state index in [1.54, 1.807) is 0 Å². The van der Waals surface area contributed by atoms with Gasteiger partial charge in [0.05, 0.1) is 5.56 Å². The standard InChI is InChI=1S/C20H22N4O/c1-13-7-10-21-19(22-13)15-8-11-24(12-9-15)20(25)18-14(2)23-17-6-4-3-5-16(17)18/h3-7,10,15,23H,8-9,11-12H2,1-2H3. The predicted molar refractivity (Wildman–Crippen MR) is 97.7 cm³/mol. The highest BCUT2D eigenvalue weighted by atomic mass is 16.2. The fraction of sp³-hybridized carbons (Fsp3) is 0.350. The van der Waals surface area contributed by atoms with Gasteiger partial charge in [-0.1, -0.05) is 18.2 Å². The van der Waals surface area contributed by atoms with Gasteiger partial charge in [-0.3, -0.25) is 4.79 Å². The van der Waals surface area contributed by atoms with Gasteiger partial charge >= 0.3 is 0 Å². The molecule has 3 heterocycles. The summed E-state index contributed by atoms with van der Waals surface area (Å²) in [5, 5.41) is 1.01. The molecule has 0 bridgehead atoms. The Morgan fingerprint density at radius 3 is 2.68 bits per heavy atom. The molecule has 0 aliphatic carbocycles. The first kappa shape index (κ1) is 15.8. The number of carbonyl (C=O) groups is 1. The van der Waals surface area contributed by atoms with E-state index in [0.29, 0.717) is 5.92 Å². The Morgan fingerprint density at radius 2 is 1.92 bits per heavy atom. The maximum Gasteiger partial charge on any atom is 0.256 e. The summed E-state index contributed by atoms with van der Waals surface area (Å²) in [4.78, 5) is 27.3. The van der Waals surface area contributed by atoms with Crippen molar-refractivity contribution in [2.45, 2.75) is 32.6 Å². The summed E-state index contributed by atoms with van der Waals surface area (Å²) in [6.45, 7) is 5.46. The minimum Gasteiger partial charge on any atom is -0.358 e. The molecule has 25 heavy (non-hydrogen) atoms. The molecule has 1 aromatic carbocycles. The van der Waals surface area contributed by atoms with E-state index in [-0.39, 0.29) is 5.91 Å². The molecule has 0 radical (unpaired) electrons. The van der Waals surface area contributed by atoms with E-state index in [1.807, 2.05) is 55.3 Å². The summed E-state index contributed by atoms with van der Waals surface area (Å²) in [7, 11) is 0. The number of fused-ring (bicyclic) bond motifs is 1. The summed E-state index contributed by atoms with van der Waals surface area (Å²) in [5.74, 6) is 1.38. The lowest BCUT2D eigenvalue weighted by Crippen LogP contribution is -2.38. The van der Waals surface area contributed by atoms with E-state index < -0.39 is 0 Å². The van der Waals surface area contributed by atoms with Crippen LogP contribution in [0.4, 0.5) is 0 Å². The Bertz CT molecular complexity index is 922. The van der Waals surface area contributed by atoms with Crippen LogP contribution < -0.4 is 0 Å². The highest BCUT2D eigenvalue weighted by molar-refractivity contribution is 6.08. The third kappa shape index (κ3) is 2.90. The van der Waals surface area contributed by atoms with Crippen LogP contribution in [0.5, 0.6) is 0 Å². The molecular weight excluding hydrogens is 312 g/mol. The van der Waals surface area contributed by atoms with Crippen molar-refractivity contribution < 1.29 is 4.79 Å².